The molecular weight excluding hydrogens is 257 g/mol. The van der Waals surface area contributed by atoms with Gasteiger partial charge in [0, 0.05) is 13.1 Å². The van der Waals surface area contributed by atoms with Gasteiger partial charge in [0.2, 0.25) is 0 Å². The van der Waals surface area contributed by atoms with E-state index in [1.807, 2.05) is 0 Å². The molecule has 1 aromatic carbocycles. The smallest absolute Gasteiger partial charge is 0.390 e. The van der Waals surface area contributed by atoms with Gasteiger partial charge in [-0.2, -0.15) is 13.2 Å². The summed E-state index contributed by atoms with van der Waals surface area (Å²) in [5.74, 6) is 0.571. The minimum Gasteiger partial charge on any atom is -0.495 e. The Bertz CT molecular complexity index is 382. The highest BCUT2D eigenvalue weighted by atomic mass is 19.4. The number of alkyl halides is 3. The normalized spacial score (nSPS) is 11.4. The van der Waals surface area contributed by atoms with E-state index in [0.29, 0.717) is 30.9 Å². The second-order valence-corrected chi connectivity index (χ2v) is 4.17. The molecule has 0 radical (unpaired) electrons. The molecule has 0 spiro atoms. The lowest BCUT2D eigenvalue weighted by atomic mass is 10.2. The van der Waals surface area contributed by atoms with Crippen LogP contribution < -0.4 is 15.4 Å². The van der Waals surface area contributed by atoms with E-state index in [1.54, 1.807) is 29.2 Å². The van der Waals surface area contributed by atoms with Gasteiger partial charge < -0.3 is 15.4 Å². The van der Waals surface area contributed by atoms with Gasteiger partial charge in [0.05, 0.1) is 19.2 Å². The van der Waals surface area contributed by atoms with Crippen LogP contribution in [0, 0.1) is 0 Å². The molecule has 0 heterocycles. The SMILES string of the molecule is COc1ccccc1N(CCCN)CCC(F)(F)F. The minimum atomic E-state index is -4.16. The first-order chi connectivity index (χ1) is 8.98. The van der Waals surface area contributed by atoms with Gasteiger partial charge in [-0.3, -0.25) is 0 Å². The van der Waals surface area contributed by atoms with Crippen molar-refractivity contribution in [3.05, 3.63) is 24.3 Å². The molecule has 1 rings (SSSR count). The minimum absolute atomic E-state index is 0.0934. The van der Waals surface area contributed by atoms with Gasteiger partial charge in [-0.15, -0.1) is 0 Å². The third-order valence-electron chi connectivity index (χ3n) is 2.72. The van der Waals surface area contributed by atoms with Gasteiger partial charge in [-0.1, -0.05) is 12.1 Å². The van der Waals surface area contributed by atoms with E-state index in [-0.39, 0.29) is 6.54 Å². The first-order valence-corrected chi connectivity index (χ1v) is 6.12. The van der Waals surface area contributed by atoms with Crippen LogP contribution >= 0.6 is 0 Å². The molecule has 0 fully saturated rings. The second kappa shape index (κ2) is 7.23. The van der Waals surface area contributed by atoms with E-state index in [2.05, 4.69) is 0 Å². The zero-order chi connectivity index (χ0) is 14.3. The molecule has 0 saturated carbocycles. The lowest BCUT2D eigenvalue weighted by Crippen LogP contribution is -2.30. The highest BCUT2D eigenvalue weighted by Crippen LogP contribution is 2.29. The van der Waals surface area contributed by atoms with Crippen molar-refractivity contribution in [2.45, 2.75) is 19.0 Å². The summed E-state index contributed by atoms with van der Waals surface area (Å²) in [7, 11) is 1.50. The van der Waals surface area contributed by atoms with E-state index in [1.165, 1.54) is 7.11 Å². The van der Waals surface area contributed by atoms with Gasteiger partial charge >= 0.3 is 6.18 Å². The number of benzene rings is 1. The standard InChI is InChI=1S/C13H19F3N2O/c1-19-12-6-3-2-5-11(12)18(9-4-8-17)10-7-13(14,15)16/h2-3,5-6H,4,7-10,17H2,1H3. The van der Waals surface area contributed by atoms with Gasteiger partial charge in [0.15, 0.2) is 0 Å². The summed E-state index contributed by atoms with van der Waals surface area (Å²) >= 11 is 0. The number of nitrogens with two attached hydrogens (primary N) is 1. The average molecular weight is 276 g/mol. The molecule has 0 bridgehead atoms. The predicted octanol–water partition coefficient (Wildman–Crippen LogP) is 2.80. The predicted molar refractivity (Wildman–Crippen MR) is 69.6 cm³/mol. The first kappa shape index (κ1) is 15.6. The van der Waals surface area contributed by atoms with E-state index >= 15 is 0 Å². The van der Waals surface area contributed by atoms with Gasteiger partial charge in [0.25, 0.3) is 0 Å². The Kier molecular flexibility index (Phi) is 5.95. The number of nitrogens with zero attached hydrogens (tertiary/aromatic N) is 1. The number of para-hydroxylation sites is 2. The summed E-state index contributed by atoms with van der Waals surface area (Å²) in [6.45, 7) is 0.828. The third-order valence-corrected chi connectivity index (χ3v) is 2.72. The van der Waals surface area contributed by atoms with Gasteiger partial charge in [-0.05, 0) is 25.1 Å². The Labute approximate surface area is 111 Å². The summed E-state index contributed by atoms with van der Waals surface area (Å²) < 4.78 is 42.2. The molecule has 0 saturated heterocycles. The Morgan fingerprint density at radius 2 is 1.89 bits per heavy atom. The summed E-state index contributed by atoms with van der Waals surface area (Å²) in [6, 6.07) is 7.05. The molecule has 6 heteroatoms. The Hall–Kier alpha value is -1.43. The van der Waals surface area contributed by atoms with Crippen LogP contribution in [0.1, 0.15) is 12.8 Å². The Morgan fingerprint density at radius 3 is 2.47 bits per heavy atom. The molecule has 0 aromatic heterocycles. The lowest BCUT2D eigenvalue weighted by Gasteiger charge is -2.26. The number of rotatable bonds is 7. The lowest BCUT2D eigenvalue weighted by molar-refractivity contribution is -0.132. The van der Waals surface area contributed by atoms with Crippen LogP contribution in [-0.4, -0.2) is 32.9 Å². The monoisotopic (exact) mass is 276 g/mol. The number of methoxy groups -OCH3 is 1. The number of anilines is 1. The first-order valence-electron chi connectivity index (χ1n) is 6.12. The molecule has 0 aliphatic heterocycles. The van der Waals surface area contributed by atoms with Crippen LogP contribution in [0.2, 0.25) is 0 Å². The van der Waals surface area contributed by atoms with E-state index < -0.39 is 12.6 Å². The van der Waals surface area contributed by atoms with Crippen molar-refractivity contribution in [3.63, 3.8) is 0 Å². The van der Waals surface area contributed by atoms with Crippen molar-refractivity contribution in [2.75, 3.05) is 31.6 Å². The third kappa shape index (κ3) is 5.38. The van der Waals surface area contributed by atoms with Crippen molar-refractivity contribution in [1.29, 1.82) is 0 Å². The molecule has 2 N–H and O–H groups in total. The number of halogens is 3. The molecule has 3 nitrogen and oxygen atoms in total. The molecule has 108 valence electrons. The molecule has 0 atom stereocenters. The van der Waals surface area contributed by atoms with Crippen LogP contribution in [0.5, 0.6) is 5.75 Å². The number of hydrogen-bond acceptors (Lipinski definition) is 3. The van der Waals surface area contributed by atoms with Crippen LogP contribution in [0.15, 0.2) is 24.3 Å². The van der Waals surface area contributed by atoms with Crippen LogP contribution in [-0.2, 0) is 0 Å². The quantitative estimate of drug-likeness (QED) is 0.832. The van der Waals surface area contributed by atoms with E-state index in [0.717, 1.165) is 0 Å². The fourth-order valence-corrected chi connectivity index (χ4v) is 1.79. The summed E-state index contributed by atoms with van der Waals surface area (Å²) in [5.41, 5.74) is 6.10. The number of hydrogen-bond donors (Lipinski definition) is 1. The Morgan fingerprint density at radius 1 is 1.21 bits per heavy atom. The maximum Gasteiger partial charge on any atom is 0.390 e. The zero-order valence-corrected chi connectivity index (χ0v) is 10.9. The number of ether oxygens (including phenoxy) is 1. The van der Waals surface area contributed by atoms with Crippen LogP contribution in [0.25, 0.3) is 0 Å². The summed E-state index contributed by atoms with van der Waals surface area (Å²) in [6.07, 6.45) is -4.38. The van der Waals surface area contributed by atoms with Crippen molar-refractivity contribution in [3.8, 4) is 5.75 Å². The largest absolute Gasteiger partial charge is 0.495 e. The van der Waals surface area contributed by atoms with Crippen LogP contribution in [0.3, 0.4) is 0 Å². The maximum atomic E-state index is 12.4. The van der Waals surface area contributed by atoms with Gasteiger partial charge in [-0.25, -0.2) is 0 Å². The van der Waals surface area contributed by atoms with Crippen LogP contribution in [0.4, 0.5) is 18.9 Å². The highest BCUT2D eigenvalue weighted by Gasteiger charge is 2.28. The fraction of sp³-hybridized carbons (Fsp3) is 0.538. The summed E-state index contributed by atoms with van der Waals surface area (Å²) in [5, 5.41) is 0. The van der Waals surface area contributed by atoms with Gasteiger partial charge in [0.1, 0.15) is 5.75 Å². The molecule has 0 aliphatic carbocycles. The second-order valence-electron chi connectivity index (χ2n) is 4.17. The molecular formula is C13H19F3N2O. The zero-order valence-electron chi connectivity index (χ0n) is 10.9. The fourth-order valence-electron chi connectivity index (χ4n) is 1.79. The molecule has 19 heavy (non-hydrogen) atoms. The molecule has 1 aromatic rings. The van der Waals surface area contributed by atoms with Crippen molar-refractivity contribution in [2.24, 2.45) is 5.73 Å². The average Bonchev–Trinajstić information content (AvgIpc) is 2.38. The highest BCUT2D eigenvalue weighted by molar-refractivity contribution is 5.58. The molecule has 0 unspecified atom stereocenters. The molecule has 0 amide bonds. The molecule has 0 aliphatic rings. The van der Waals surface area contributed by atoms with Crippen molar-refractivity contribution >= 4 is 5.69 Å². The van der Waals surface area contributed by atoms with Crippen molar-refractivity contribution < 1.29 is 17.9 Å². The van der Waals surface area contributed by atoms with E-state index in [4.69, 9.17) is 10.5 Å². The maximum absolute atomic E-state index is 12.4. The summed E-state index contributed by atoms with van der Waals surface area (Å²) in [4.78, 5) is 1.67. The van der Waals surface area contributed by atoms with Crippen molar-refractivity contribution in [1.82, 2.24) is 0 Å². The Balaban J connectivity index is 2.82. The topological polar surface area (TPSA) is 38.5 Å². The van der Waals surface area contributed by atoms with E-state index in [9.17, 15) is 13.2 Å².